The van der Waals surface area contributed by atoms with Gasteiger partial charge in [-0.25, -0.2) is 9.59 Å². The molecule has 7 heteroatoms. The Morgan fingerprint density at radius 1 is 1.25 bits per heavy atom. The van der Waals surface area contributed by atoms with Gasteiger partial charge in [-0.05, 0) is 26.0 Å². The van der Waals surface area contributed by atoms with Crippen molar-refractivity contribution in [2.75, 3.05) is 5.75 Å². The summed E-state index contributed by atoms with van der Waals surface area (Å²) in [5, 5.41) is 13.7. The third kappa shape index (κ3) is 5.31. The van der Waals surface area contributed by atoms with Crippen molar-refractivity contribution in [1.29, 1.82) is 0 Å². The molecule has 0 saturated carbocycles. The third-order valence-electron chi connectivity index (χ3n) is 2.15. The highest BCUT2D eigenvalue weighted by atomic mass is 32.2. The summed E-state index contributed by atoms with van der Waals surface area (Å²) in [5.74, 6) is -1.56. The molecule has 108 valence electrons. The van der Waals surface area contributed by atoms with Gasteiger partial charge in [0, 0.05) is 10.9 Å². The minimum Gasteiger partial charge on any atom is -0.478 e. The molecule has 3 amide bonds. The number of hydrogen-bond acceptors (Lipinski definition) is 4. The van der Waals surface area contributed by atoms with Crippen LogP contribution in [0.15, 0.2) is 29.2 Å². The Hall–Kier alpha value is -2.02. The van der Waals surface area contributed by atoms with Gasteiger partial charge in [-0.1, -0.05) is 12.1 Å². The van der Waals surface area contributed by atoms with Crippen LogP contribution in [-0.4, -0.2) is 34.8 Å². The summed E-state index contributed by atoms with van der Waals surface area (Å²) in [6.45, 7) is 3.56. The summed E-state index contributed by atoms with van der Waals surface area (Å²) in [5.41, 5.74) is 0.136. The second kappa shape index (κ2) is 7.54. The summed E-state index contributed by atoms with van der Waals surface area (Å²) in [7, 11) is 0. The van der Waals surface area contributed by atoms with E-state index in [1.165, 1.54) is 6.07 Å². The average Bonchev–Trinajstić information content (AvgIpc) is 2.35. The Balaban J connectivity index is 2.53. The first kappa shape index (κ1) is 16.0. The van der Waals surface area contributed by atoms with Gasteiger partial charge in [0.25, 0.3) is 0 Å². The van der Waals surface area contributed by atoms with Gasteiger partial charge in [0.15, 0.2) is 0 Å². The first-order valence-corrected chi connectivity index (χ1v) is 6.94. The monoisotopic (exact) mass is 296 g/mol. The van der Waals surface area contributed by atoms with E-state index in [-0.39, 0.29) is 17.4 Å². The Labute approximate surface area is 120 Å². The number of imide groups is 1. The Kier molecular flexibility index (Phi) is 6.05. The highest BCUT2D eigenvalue weighted by molar-refractivity contribution is 8.00. The van der Waals surface area contributed by atoms with Crippen molar-refractivity contribution in [2.24, 2.45) is 0 Å². The standard InChI is InChI=1S/C13H16N2O4S/c1-8(2)14-13(19)15-11(16)7-20-10-6-4-3-5-9(10)12(17)18/h3-6,8H,7H2,1-2H3,(H,17,18)(H2,14,15,16,19). The van der Waals surface area contributed by atoms with Crippen molar-refractivity contribution in [3.05, 3.63) is 29.8 Å². The molecule has 0 aliphatic carbocycles. The van der Waals surface area contributed by atoms with Crippen LogP contribution in [0.25, 0.3) is 0 Å². The van der Waals surface area contributed by atoms with Gasteiger partial charge in [-0.3, -0.25) is 10.1 Å². The van der Waals surface area contributed by atoms with Crippen LogP contribution in [0.4, 0.5) is 4.79 Å². The van der Waals surface area contributed by atoms with E-state index >= 15 is 0 Å². The van der Waals surface area contributed by atoms with Crippen molar-refractivity contribution in [1.82, 2.24) is 10.6 Å². The smallest absolute Gasteiger partial charge is 0.336 e. The minimum atomic E-state index is -1.05. The van der Waals surface area contributed by atoms with E-state index < -0.39 is 17.9 Å². The molecule has 0 radical (unpaired) electrons. The largest absolute Gasteiger partial charge is 0.478 e. The zero-order valence-corrected chi connectivity index (χ0v) is 12.0. The number of rotatable bonds is 5. The molecular weight excluding hydrogens is 280 g/mol. The van der Waals surface area contributed by atoms with Crippen LogP contribution in [0.2, 0.25) is 0 Å². The molecule has 20 heavy (non-hydrogen) atoms. The number of carboxylic acids is 1. The van der Waals surface area contributed by atoms with E-state index in [0.717, 1.165) is 11.8 Å². The molecule has 1 aromatic rings. The van der Waals surface area contributed by atoms with Gasteiger partial charge >= 0.3 is 12.0 Å². The maximum absolute atomic E-state index is 11.5. The van der Waals surface area contributed by atoms with E-state index in [4.69, 9.17) is 5.11 Å². The topological polar surface area (TPSA) is 95.5 Å². The molecule has 0 aromatic heterocycles. The summed E-state index contributed by atoms with van der Waals surface area (Å²) < 4.78 is 0. The van der Waals surface area contributed by atoms with Crippen LogP contribution in [-0.2, 0) is 4.79 Å². The normalized spacial score (nSPS) is 10.2. The van der Waals surface area contributed by atoms with Crippen molar-refractivity contribution in [3.8, 4) is 0 Å². The van der Waals surface area contributed by atoms with Crippen LogP contribution < -0.4 is 10.6 Å². The number of thioether (sulfide) groups is 1. The maximum Gasteiger partial charge on any atom is 0.336 e. The first-order valence-electron chi connectivity index (χ1n) is 5.95. The van der Waals surface area contributed by atoms with E-state index in [2.05, 4.69) is 10.6 Å². The second-order valence-corrected chi connectivity index (χ2v) is 5.28. The number of hydrogen-bond donors (Lipinski definition) is 3. The van der Waals surface area contributed by atoms with Crippen molar-refractivity contribution < 1.29 is 19.5 Å². The molecule has 1 rings (SSSR count). The fourth-order valence-corrected chi connectivity index (χ4v) is 2.22. The molecule has 0 fully saturated rings. The quantitative estimate of drug-likeness (QED) is 0.719. The number of carbonyl (C=O) groups excluding carboxylic acids is 2. The Morgan fingerprint density at radius 3 is 2.50 bits per heavy atom. The third-order valence-corrected chi connectivity index (χ3v) is 3.22. The van der Waals surface area contributed by atoms with Crippen LogP contribution in [0.3, 0.4) is 0 Å². The summed E-state index contributed by atoms with van der Waals surface area (Å²) in [6, 6.07) is 5.77. The fraction of sp³-hybridized carbons (Fsp3) is 0.308. The highest BCUT2D eigenvalue weighted by Gasteiger charge is 2.13. The van der Waals surface area contributed by atoms with Crippen LogP contribution in [0.5, 0.6) is 0 Å². The molecular formula is C13H16N2O4S. The summed E-state index contributed by atoms with van der Waals surface area (Å²) in [6.07, 6.45) is 0. The number of urea groups is 1. The molecule has 0 heterocycles. The number of carbonyl (C=O) groups is 3. The number of amides is 3. The average molecular weight is 296 g/mol. The number of aromatic carboxylic acids is 1. The lowest BCUT2D eigenvalue weighted by Gasteiger charge is -2.09. The predicted molar refractivity (Wildman–Crippen MR) is 75.9 cm³/mol. The number of benzene rings is 1. The SMILES string of the molecule is CC(C)NC(=O)NC(=O)CSc1ccccc1C(=O)O. The van der Waals surface area contributed by atoms with E-state index in [1.807, 2.05) is 0 Å². The molecule has 0 aliphatic heterocycles. The van der Waals surface area contributed by atoms with E-state index in [0.29, 0.717) is 4.90 Å². The molecule has 1 aromatic carbocycles. The lowest BCUT2D eigenvalue weighted by molar-refractivity contribution is -0.117. The molecule has 0 atom stereocenters. The lowest BCUT2D eigenvalue weighted by Crippen LogP contribution is -2.43. The minimum absolute atomic E-state index is 0.0319. The highest BCUT2D eigenvalue weighted by Crippen LogP contribution is 2.22. The van der Waals surface area contributed by atoms with Crippen LogP contribution in [0.1, 0.15) is 24.2 Å². The van der Waals surface area contributed by atoms with Gasteiger partial charge in [-0.2, -0.15) is 0 Å². The number of nitrogens with one attached hydrogen (secondary N) is 2. The van der Waals surface area contributed by atoms with Gasteiger partial charge < -0.3 is 10.4 Å². The predicted octanol–water partition coefficient (Wildman–Crippen LogP) is 1.71. The van der Waals surface area contributed by atoms with E-state index in [9.17, 15) is 14.4 Å². The fourth-order valence-electron chi connectivity index (χ4n) is 1.37. The zero-order chi connectivity index (χ0) is 15.1. The van der Waals surface area contributed by atoms with Crippen molar-refractivity contribution in [3.63, 3.8) is 0 Å². The van der Waals surface area contributed by atoms with Gasteiger partial charge in [0.1, 0.15) is 0 Å². The van der Waals surface area contributed by atoms with Crippen molar-refractivity contribution in [2.45, 2.75) is 24.8 Å². The Morgan fingerprint density at radius 2 is 1.90 bits per heavy atom. The van der Waals surface area contributed by atoms with Crippen LogP contribution in [0, 0.1) is 0 Å². The van der Waals surface area contributed by atoms with Crippen molar-refractivity contribution >= 4 is 29.7 Å². The lowest BCUT2D eigenvalue weighted by atomic mass is 10.2. The van der Waals surface area contributed by atoms with E-state index in [1.54, 1.807) is 32.0 Å². The maximum atomic E-state index is 11.5. The summed E-state index contributed by atoms with van der Waals surface area (Å²) >= 11 is 1.07. The second-order valence-electron chi connectivity index (χ2n) is 4.27. The summed E-state index contributed by atoms with van der Waals surface area (Å²) in [4.78, 5) is 34.3. The van der Waals surface area contributed by atoms with Gasteiger partial charge in [0.05, 0.1) is 11.3 Å². The van der Waals surface area contributed by atoms with Crippen LogP contribution >= 0.6 is 11.8 Å². The molecule has 3 N–H and O–H groups in total. The molecule has 0 saturated heterocycles. The van der Waals surface area contributed by atoms with Gasteiger partial charge in [0.2, 0.25) is 5.91 Å². The molecule has 0 unspecified atom stereocenters. The Bertz CT molecular complexity index is 517. The first-order chi connectivity index (χ1) is 9.40. The molecule has 6 nitrogen and oxygen atoms in total. The molecule has 0 aliphatic rings. The number of carboxylic acid groups (broad SMARTS) is 1. The zero-order valence-electron chi connectivity index (χ0n) is 11.2. The molecule has 0 bridgehead atoms. The molecule has 0 spiro atoms. The van der Waals surface area contributed by atoms with Gasteiger partial charge in [-0.15, -0.1) is 11.8 Å².